The molecule has 2 nitrogen and oxygen atoms in total. The highest BCUT2D eigenvalue weighted by Gasteiger charge is 2.23. The lowest BCUT2D eigenvalue weighted by molar-refractivity contribution is 0.0630. The van der Waals surface area contributed by atoms with Crippen molar-refractivity contribution in [3.8, 4) is 0 Å². The summed E-state index contributed by atoms with van der Waals surface area (Å²) in [6.07, 6.45) is 2.14. The Morgan fingerprint density at radius 3 is 2.59 bits per heavy atom. The molecule has 2 unspecified atom stereocenters. The minimum absolute atomic E-state index is 0.0612. The molecular formula is C13H19Cl2NO. The van der Waals surface area contributed by atoms with E-state index < -0.39 is 0 Å². The van der Waals surface area contributed by atoms with Gasteiger partial charge in [0.05, 0.1) is 12.1 Å². The largest absolute Gasteiger partial charge is 0.379 e. The number of methoxy groups -OCH3 is 1. The molecular weight excluding hydrogens is 257 g/mol. The molecule has 1 N–H and O–H groups in total. The summed E-state index contributed by atoms with van der Waals surface area (Å²) in [4.78, 5) is 0. The Morgan fingerprint density at radius 1 is 1.35 bits per heavy atom. The minimum Gasteiger partial charge on any atom is -0.379 e. The zero-order chi connectivity index (χ0) is 12.8. The lowest BCUT2D eigenvalue weighted by Gasteiger charge is -2.26. The highest BCUT2D eigenvalue weighted by Crippen LogP contribution is 2.30. The van der Waals surface area contributed by atoms with E-state index in [1.54, 1.807) is 13.2 Å². The molecule has 0 heterocycles. The standard InChI is InChI=1S/C13H19Cl2NO/c1-4-5-12(17-3)13(16-2)10-8-9(14)6-7-11(10)15/h6-8,12-13,16H,4-5H2,1-3H3. The van der Waals surface area contributed by atoms with Crippen LogP contribution >= 0.6 is 23.2 Å². The average molecular weight is 276 g/mol. The van der Waals surface area contributed by atoms with Crippen LogP contribution in [0, 0.1) is 0 Å². The number of halogens is 2. The fraction of sp³-hybridized carbons (Fsp3) is 0.538. The molecule has 0 bridgehead atoms. The summed E-state index contributed by atoms with van der Waals surface area (Å²) in [5, 5.41) is 4.66. The molecule has 1 aromatic carbocycles. The van der Waals surface area contributed by atoms with Crippen LogP contribution in [0.15, 0.2) is 18.2 Å². The van der Waals surface area contributed by atoms with Gasteiger partial charge in [-0.15, -0.1) is 0 Å². The van der Waals surface area contributed by atoms with E-state index in [4.69, 9.17) is 27.9 Å². The first-order valence-corrected chi connectivity index (χ1v) is 6.54. The minimum atomic E-state index is 0.0612. The predicted octanol–water partition coefficient (Wildman–Crippen LogP) is 4.07. The maximum atomic E-state index is 6.22. The van der Waals surface area contributed by atoms with Crippen molar-refractivity contribution < 1.29 is 4.74 Å². The first kappa shape index (κ1) is 14.8. The first-order valence-electron chi connectivity index (χ1n) is 5.79. The second-order valence-electron chi connectivity index (χ2n) is 4.00. The summed E-state index contributed by atoms with van der Waals surface area (Å²) in [6, 6.07) is 5.57. The molecule has 0 amide bonds. The van der Waals surface area contributed by atoms with Crippen LogP contribution in [-0.4, -0.2) is 20.3 Å². The van der Waals surface area contributed by atoms with E-state index in [9.17, 15) is 0 Å². The van der Waals surface area contributed by atoms with Gasteiger partial charge in [0, 0.05) is 17.2 Å². The van der Waals surface area contributed by atoms with Gasteiger partial charge in [0.15, 0.2) is 0 Å². The van der Waals surface area contributed by atoms with Crippen molar-refractivity contribution in [1.29, 1.82) is 0 Å². The van der Waals surface area contributed by atoms with Crippen molar-refractivity contribution in [2.75, 3.05) is 14.2 Å². The Morgan fingerprint density at radius 2 is 2.06 bits per heavy atom. The number of benzene rings is 1. The van der Waals surface area contributed by atoms with E-state index in [0.29, 0.717) is 10.0 Å². The topological polar surface area (TPSA) is 21.3 Å². The summed E-state index contributed by atoms with van der Waals surface area (Å²) < 4.78 is 5.53. The molecule has 0 aromatic heterocycles. The van der Waals surface area contributed by atoms with Gasteiger partial charge in [-0.2, -0.15) is 0 Å². The van der Waals surface area contributed by atoms with Gasteiger partial charge in [-0.05, 0) is 37.2 Å². The Kier molecular flexibility index (Phi) is 6.28. The van der Waals surface area contributed by atoms with Gasteiger partial charge in [0.1, 0.15) is 0 Å². The van der Waals surface area contributed by atoms with E-state index in [1.165, 1.54) is 0 Å². The van der Waals surface area contributed by atoms with Crippen molar-refractivity contribution in [2.24, 2.45) is 0 Å². The Balaban J connectivity index is 3.02. The third kappa shape index (κ3) is 3.85. The maximum Gasteiger partial charge on any atom is 0.0766 e. The summed E-state index contributed by atoms with van der Waals surface area (Å²) in [6.45, 7) is 2.14. The second-order valence-corrected chi connectivity index (χ2v) is 4.84. The molecule has 1 aromatic rings. The van der Waals surface area contributed by atoms with Crippen molar-refractivity contribution >= 4 is 23.2 Å². The highest BCUT2D eigenvalue weighted by atomic mass is 35.5. The summed E-state index contributed by atoms with van der Waals surface area (Å²) >= 11 is 12.2. The van der Waals surface area contributed by atoms with Crippen molar-refractivity contribution in [2.45, 2.75) is 31.9 Å². The molecule has 0 aliphatic carbocycles. The molecule has 0 radical (unpaired) electrons. The van der Waals surface area contributed by atoms with Crippen LogP contribution in [0.4, 0.5) is 0 Å². The monoisotopic (exact) mass is 275 g/mol. The van der Waals surface area contributed by atoms with Crippen LogP contribution in [0.1, 0.15) is 31.4 Å². The lowest BCUT2D eigenvalue weighted by Crippen LogP contribution is -2.31. The summed E-state index contributed by atoms with van der Waals surface area (Å²) in [7, 11) is 3.63. The molecule has 0 spiro atoms. The highest BCUT2D eigenvalue weighted by molar-refractivity contribution is 6.33. The van der Waals surface area contributed by atoms with Gasteiger partial charge < -0.3 is 10.1 Å². The first-order chi connectivity index (χ1) is 8.13. The Labute approximate surface area is 113 Å². The van der Waals surface area contributed by atoms with E-state index in [1.807, 2.05) is 19.2 Å². The number of hydrogen-bond acceptors (Lipinski definition) is 2. The molecule has 2 atom stereocenters. The van der Waals surface area contributed by atoms with Crippen LogP contribution in [0.3, 0.4) is 0 Å². The van der Waals surface area contributed by atoms with Gasteiger partial charge >= 0.3 is 0 Å². The maximum absolute atomic E-state index is 6.22. The molecule has 0 aliphatic heterocycles. The van der Waals surface area contributed by atoms with E-state index >= 15 is 0 Å². The summed E-state index contributed by atoms with van der Waals surface area (Å²) in [5.41, 5.74) is 0.988. The molecule has 17 heavy (non-hydrogen) atoms. The quantitative estimate of drug-likeness (QED) is 0.845. The van der Waals surface area contributed by atoms with Crippen LogP contribution < -0.4 is 5.32 Å². The molecule has 4 heteroatoms. The summed E-state index contributed by atoms with van der Waals surface area (Å²) in [5.74, 6) is 0. The molecule has 0 fully saturated rings. The number of rotatable bonds is 6. The van der Waals surface area contributed by atoms with Crippen LogP contribution in [0.5, 0.6) is 0 Å². The Bertz CT molecular complexity index is 357. The van der Waals surface area contributed by atoms with Gasteiger partial charge in [0.2, 0.25) is 0 Å². The molecule has 1 rings (SSSR count). The lowest BCUT2D eigenvalue weighted by atomic mass is 9.98. The predicted molar refractivity (Wildman–Crippen MR) is 74.0 cm³/mol. The van der Waals surface area contributed by atoms with Crippen LogP contribution in [0.2, 0.25) is 10.0 Å². The van der Waals surface area contributed by atoms with E-state index in [2.05, 4.69) is 12.2 Å². The number of ether oxygens (including phenoxy) is 1. The number of hydrogen-bond donors (Lipinski definition) is 1. The smallest absolute Gasteiger partial charge is 0.0766 e. The number of nitrogens with one attached hydrogen (secondary N) is 1. The van der Waals surface area contributed by atoms with Crippen LogP contribution in [0.25, 0.3) is 0 Å². The molecule has 96 valence electrons. The van der Waals surface area contributed by atoms with Gasteiger partial charge in [-0.25, -0.2) is 0 Å². The molecule has 0 saturated heterocycles. The van der Waals surface area contributed by atoms with E-state index in [0.717, 1.165) is 18.4 Å². The van der Waals surface area contributed by atoms with Crippen molar-refractivity contribution in [3.63, 3.8) is 0 Å². The fourth-order valence-corrected chi connectivity index (χ4v) is 2.42. The zero-order valence-electron chi connectivity index (χ0n) is 10.5. The van der Waals surface area contributed by atoms with Gasteiger partial charge in [0.25, 0.3) is 0 Å². The molecule has 0 aliphatic rings. The average Bonchev–Trinajstić information content (AvgIpc) is 2.33. The molecule has 0 saturated carbocycles. The third-order valence-corrected chi connectivity index (χ3v) is 3.43. The SMILES string of the molecule is CCCC(OC)C(NC)c1cc(Cl)ccc1Cl. The normalized spacial score (nSPS) is 14.6. The van der Waals surface area contributed by atoms with Gasteiger partial charge in [-0.3, -0.25) is 0 Å². The Hall–Kier alpha value is -0.280. The van der Waals surface area contributed by atoms with Gasteiger partial charge in [-0.1, -0.05) is 36.5 Å². The van der Waals surface area contributed by atoms with Crippen molar-refractivity contribution in [1.82, 2.24) is 5.32 Å². The van der Waals surface area contributed by atoms with Crippen LogP contribution in [-0.2, 0) is 4.74 Å². The van der Waals surface area contributed by atoms with Crippen molar-refractivity contribution in [3.05, 3.63) is 33.8 Å². The second kappa shape index (κ2) is 7.22. The number of likely N-dealkylation sites (N-methyl/N-ethyl adjacent to an activating group) is 1. The fourth-order valence-electron chi connectivity index (χ4n) is 2.00. The zero-order valence-corrected chi connectivity index (χ0v) is 12.0. The third-order valence-electron chi connectivity index (χ3n) is 2.85. The van der Waals surface area contributed by atoms with E-state index in [-0.39, 0.29) is 12.1 Å².